The van der Waals surface area contributed by atoms with E-state index in [4.69, 9.17) is 16.3 Å². The van der Waals surface area contributed by atoms with Gasteiger partial charge in [0.1, 0.15) is 11.9 Å². The fourth-order valence-corrected chi connectivity index (χ4v) is 3.25. The minimum absolute atomic E-state index is 0.250. The van der Waals surface area contributed by atoms with Crippen LogP contribution in [0.1, 0.15) is 23.5 Å². The van der Waals surface area contributed by atoms with Gasteiger partial charge < -0.3 is 10.1 Å². The van der Waals surface area contributed by atoms with E-state index in [-0.39, 0.29) is 6.10 Å². The van der Waals surface area contributed by atoms with Crippen molar-refractivity contribution in [3.8, 4) is 5.75 Å². The zero-order valence-corrected chi connectivity index (χ0v) is 12.9. The summed E-state index contributed by atoms with van der Waals surface area (Å²) in [5.74, 6) is 1.45. The number of benzene rings is 2. The first-order chi connectivity index (χ1) is 10.3. The molecule has 2 nitrogen and oxygen atoms in total. The van der Waals surface area contributed by atoms with E-state index in [1.54, 1.807) is 0 Å². The highest BCUT2D eigenvalue weighted by atomic mass is 35.5. The molecule has 0 radical (unpaired) electrons. The molecule has 110 valence electrons. The third kappa shape index (κ3) is 3.39. The van der Waals surface area contributed by atoms with Crippen LogP contribution in [0.2, 0.25) is 5.02 Å². The summed E-state index contributed by atoms with van der Waals surface area (Å²) in [4.78, 5) is 0. The monoisotopic (exact) mass is 301 g/mol. The summed E-state index contributed by atoms with van der Waals surface area (Å²) < 4.78 is 6.07. The first-order valence-corrected chi connectivity index (χ1v) is 7.78. The molecule has 3 rings (SSSR count). The van der Waals surface area contributed by atoms with Crippen molar-refractivity contribution in [2.45, 2.75) is 24.9 Å². The van der Waals surface area contributed by atoms with Crippen molar-refractivity contribution in [1.82, 2.24) is 5.32 Å². The van der Waals surface area contributed by atoms with Crippen molar-refractivity contribution in [2.24, 2.45) is 0 Å². The van der Waals surface area contributed by atoms with E-state index in [2.05, 4.69) is 35.6 Å². The SMILES string of the molecule is CNCC(CC1Cc2ccccc2O1)c1cccc(Cl)c1. The molecule has 21 heavy (non-hydrogen) atoms. The van der Waals surface area contributed by atoms with E-state index < -0.39 is 0 Å². The number of halogens is 1. The molecule has 2 aromatic rings. The fourth-order valence-electron chi connectivity index (χ4n) is 3.05. The molecule has 3 heteroatoms. The molecule has 0 spiro atoms. The predicted octanol–water partition coefficient (Wildman–Crippen LogP) is 4.04. The fraction of sp³-hybridized carbons (Fsp3) is 0.333. The molecular formula is C18H20ClNO. The van der Waals surface area contributed by atoms with Gasteiger partial charge in [0.25, 0.3) is 0 Å². The highest BCUT2D eigenvalue weighted by Gasteiger charge is 2.26. The molecule has 1 heterocycles. The number of likely N-dealkylation sites (N-methyl/N-ethyl adjacent to an activating group) is 1. The molecule has 0 aromatic heterocycles. The maximum Gasteiger partial charge on any atom is 0.123 e. The van der Waals surface area contributed by atoms with Crippen LogP contribution in [0.25, 0.3) is 0 Å². The molecule has 0 saturated carbocycles. The maximum atomic E-state index is 6.13. The maximum absolute atomic E-state index is 6.13. The smallest absolute Gasteiger partial charge is 0.123 e. The van der Waals surface area contributed by atoms with Crippen molar-refractivity contribution in [2.75, 3.05) is 13.6 Å². The van der Waals surface area contributed by atoms with E-state index in [9.17, 15) is 0 Å². The predicted molar refractivity (Wildman–Crippen MR) is 87.3 cm³/mol. The summed E-state index contributed by atoms with van der Waals surface area (Å²) in [6, 6.07) is 16.5. The molecule has 1 aliphatic heterocycles. The van der Waals surface area contributed by atoms with E-state index in [1.807, 2.05) is 25.2 Å². The van der Waals surface area contributed by atoms with Gasteiger partial charge in [-0.1, -0.05) is 41.9 Å². The van der Waals surface area contributed by atoms with Gasteiger partial charge in [0.05, 0.1) is 0 Å². The Balaban J connectivity index is 1.72. The molecule has 0 fully saturated rings. The molecule has 0 saturated heterocycles. The van der Waals surface area contributed by atoms with Crippen LogP contribution in [0.3, 0.4) is 0 Å². The van der Waals surface area contributed by atoms with Crippen LogP contribution < -0.4 is 10.1 Å². The number of hydrogen-bond donors (Lipinski definition) is 1. The summed E-state index contributed by atoms with van der Waals surface area (Å²) in [5.41, 5.74) is 2.59. The number of ether oxygens (including phenoxy) is 1. The van der Waals surface area contributed by atoms with Gasteiger partial charge in [-0.25, -0.2) is 0 Å². The lowest BCUT2D eigenvalue weighted by Gasteiger charge is -2.21. The van der Waals surface area contributed by atoms with Crippen LogP contribution in [-0.2, 0) is 6.42 Å². The first-order valence-electron chi connectivity index (χ1n) is 7.41. The largest absolute Gasteiger partial charge is 0.490 e. The summed E-state index contributed by atoms with van der Waals surface area (Å²) in [5, 5.41) is 4.08. The molecule has 2 unspecified atom stereocenters. The third-order valence-electron chi connectivity index (χ3n) is 4.03. The Labute approximate surface area is 131 Å². The second-order valence-corrected chi connectivity index (χ2v) is 6.03. The van der Waals surface area contributed by atoms with Crippen molar-refractivity contribution in [3.63, 3.8) is 0 Å². The number of hydrogen-bond acceptors (Lipinski definition) is 2. The van der Waals surface area contributed by atoms with E-state index in [1.165, 1.54) is 11.1 Å². The average molecular weight is 302 g/mol. The lowest BCUT2D eigenvalue weighted by molar-refractivity contribution is 0.209. The van der Waals surface area contributed by atoms with Gasteiger partial charge in [-0.05, 0) is 48.7 Å². The Hall–Kier alpha value is -1.51. The molecule has 0 bridgehead atoms. The molecule has 0 aliphatic carbocycles. The number of nitrogens with one attached hydrogen (secondary N) is 1. The molecule has 0 amide bonds. The van der Waals surface area contributed by atoms with Crippen LogP contribution in [0.15, 0.2) is 48.5 Å². The molecular weight excluding hydrogens is 282 g/mol. The van der Waals surface area contributed by atoms with Crippen LogP contribution in [0, 0.1) is 0 Å². The van der Waals surface area contributed by atoms with Gasteiger partial charge in [-0.2, -0.15) is 0 Å². The lowest BCUT2D eigenvalue weighted by Crippen LogP contribution is -2.24. The minimum atomic E-state index is 0.250. The summed E-state index contributed by atoms with van der Waals surface area (Å²) in [7, 11) is 1.99. The second kappa shape index (κ2) is 6.50. The zero-order valence-electron chi connectivity index (χ0n) is 12.2. The van der Waals surface area contributed by atoms with Crippen LogP contribution in [0.4, 0.5) is 0 Å². The number of rotatable bonds is 5. The summed E-state index contributed by atoms with van der Waals surface area (Å²) in [6.45, 7) is 0.927. The minimum Gasteiger partial charge on any atom is -0.490 e. The van der Waals surface area contributed by atoms with Gasteiger partial charge in [-0.15, -0.1) is 0 Å². The molecule has 2 atom stereocenters. The number of fused-ring (bicyclic) bond motifs is 1. The topological polar surface area (TPSA) is 21.3 Å². The van der Waals surface area contributed by atoms with Gasteiger partial charge in [-0.3, -0.25) is 0 Å². The van der Waals surface area contributed by atoms with Gasteiger partial charge in [0.15, 0.2) is 0 Å². The van der Waals surface area contributed by atoms with Crippen molar-refractivity contribution in [3.05, 3.63) is 64.7 Å². The van der Waals surface area contributed by atoms with Gasteiger partial charge in [0, 0.05) is 18.0 Å². The first kappa shape index (κ1) is 14.4. The normalized spacial score (nSPS) is 18.1. The van der Waals surface area contributed by atoms with Crippen molar-refractivity contribution >= 4 is 11.6 Å². The van der Waals surface area contributed by atoms with Crippen LogP contribution in [0.5, 0.6) is 5.75 Å². The summed E-state index contributed by atoms with van der Waals surface area (Å²) in [6.07, 6.45) is 2.24. The van der Waals surface area contributed by atoms with Crippen molar-refractivity contribution in [1.29, 1.82) is 0 Å². The average Bonchev–Trinajstić information content (AvgIpc) is 2.89. The van der Waals surface area contributed by atoms with E-state index in [0.717, 1.165) is 30.2 Å². The Morgan fingerprint density at radius 2 is 2.10 bits per heavy atom. The summed E-state index contributed by atoms with van der Waals surface area (Å²) >= 11 is 6.13. The molecule has 2 aromatic carbocycles. The lowest BCUT2D eigenvalue weighted by atomic mass is 9.91. The van der Waals surface area contributed by atoms with Crippen LogP contribution in [-0.4, -0.2) is 19.7 Å². The Kier molecular flexibility index (Phi) is 4.47. The molecule has 1 aliphatic rings. The second-order valence-electron chi connectivity index (χ2n) is 5.60. The quantitative estimate of drug-likeness (QED) is 0.900. The highest BCUT2D eigenvalue weighted by Crippen LogP contribution is 2.33. The number of para-hydroxylation sites is 1. The van der Waals surface area contributed by atoms with Gasteiger partial charge in [0.2, 0.25) is 0 Å². The molecule has 1 N–H and O–H groups in total. The van der Waals surface area contributed by atoms with E-state index >= 15 is 0 Å². The Morgan fingerprint density at radius 3 is 2.86 bits per heavy atom. The Bertz CT molecular complexity index is 589. The van der Waals surface area contributed by atoms with Gasteiger partial charge >= 0.3 is 0 Å². The highest BCUT2D eigenvalue weighted by molar-refractivity contribution is 6.30. The standard InChI is InChI=1S/C18H20ClNO/c1-20-12-15(13-6-4-7-16(19)9-13)11-17-10-14-5-2-3-8-18(14)21-17/h2-9,15,17,20H,10-12H2,1H3. The third-order valence-corrected chi connectivity index (χ3v) is 4.27. The zero-order chi connectivity index (χ0) is 14.7. The van der Waals surface area contributed by atoms with Crippen molar-refractivity contribution < 1.29 is 4.74 Å². The van der Waals surface area contributed by atoms with E-state index in [0.29, 0.717) is 5.92 Å². The Morgan fingerprint density at radius 1 is 1.24 bits per heavy atom. The van der Waals surface area contributed by atoms with Crippen LogP contribution >= 0.6 is 11.6 Å².